The molecule has 1 aromatic rings. The van der Waals surface area contributed by atoms with Crippen molar-refractivity contribution in [2.75, 3.05) is 5.32 Å². The third-order valence-electron chi connectivity index (χ3n) is 2.98. The van der Waals surface area contributed by atoms with Crippen molar-refractivity contribution in [2.45, 2.75) is 40.2 Å². The number of carbonyl (C=O) groups is 1. The van der Waals surface area contributed by atoms with Crippen molar-refractivity contribution in [2.24, 2.45) is 11.1 Å². The van der Waals surface area contributed by atoms with E-state index in [1.165, 1.54) is 12.1 Å². The first-order valence-electron chi connectivity index (χ1n) is 6.01. The molecule has 0 heterocycles. The molecule has 100 valence electrons. The highest BCUT2D eigenvalue weighted by atomic mass is 19.1. The van der Waals surface area contributed by atoms with Gasteiger partial charge in [0.2, 0.25) is 5.91 Å². The summed E-state index contributed by atoms with van der Waals surface area (Å²) in [5.41, 5.74) is 7.16. The fraction of sp³-hybridized carbons (Fsp3) is 0.500. The second-order valence-electron chi connectivity index (χ2n) is 5.68. The summed E-state index contributed by atoms with van der Waals surface area (Å²) in [7, 11) is 0. The van der Waals surface area contributed by atoms with Gasteiger partial charge in [-0.2, -0.15) is 0 Å². The minimum atomic E-state index is -0.308. The Morgan fingerprint density at radius 1 is 1.44 bits per heavy atom. The van der Waals surface area contributed by atoms with E-state index < -0.39 is 0 Å². The van der Waals surface area contributed by atoms with Crippen molar-refractivity contribution in [1.82, 2.24) is 0 Å². The molecule has 0 aromatic heterocycles. The van der Waals surface area contributed by atoms with Crippen LogP contribution in [0.1, 0.15) is 32.8 Å². The summed E-state index contributed by atoms with van der Waals surface area (Å²) in [6.07, 6.45) is 0.250. The Balaban J connectivity index is 2.65. The lowest BCUT2D eigenvalue weighted by molar-refractivity contribution is -0.117. The highest BCUT2D eigenvalue weighted by Gasteiger charge is 2.23. The lowest BCUT2D eigenvalue weighted by Crippen LogP contribution is -2.38. The van der Waals surface area contributed by atoms with E-state index in [0.29, 0.717) is 11.3 Å². The maximum absolute atomic E-state index is 12.9. The van der Waals surface area contributed by atoms with E-state index in [1.807, 2.05) is 20.8 Å². The second kappa shape index (κ2) is 5.48. The molecule has 0 aliphatic heterocycles. The van der Waals surface area contributed by atoms with Gasteiger partial charge in [-0.3, -0.25) is 4.79 Å². The van der Waals surface area contributed by atoms with Crippen molar-refractivity contribution in [3.63, 3.8) is 0 Å². The van der Waals surface area contributed by atoms with E-state index in [9.17, 15) is 9.18 Å². The molecule has 0 saturated carbocycles. The number of amides is 1. The number of aryl methyl sites for hydroxylation is 1. The zero-order valence-corrected chi connectivity index (χ0v) is 11.4. The molecule has 3 nitrogen and oxygen atoms in total. The van der Waals surface area contributed by atoms with Gasteiger partial charge in [-0.25, -0.2) is 4.39 Å². The van der Waals surface area contributed by atoms with E-state index in [1.54, 1.807) is 13.0 Å². The molecule has 0 radical (unpaired) electrons. The SMILES string of the molecule is Cc1cc(F)ccc1NC(=O)CC(N)C(C)(C)C. The summed E-state index contributed by atoms with van der Waals surface area (Å²) in [6, 6.07) is 4.06. The van der Waals surface area contributed by atoms with Gasteiger partial charge in [0.15, 0.2) is 0 Å². The number of nitrogens with one attached hydrogen (secondary N) is 1. The zero-order valence-electron chi connectivity index (χ0n) is 11.4. The van der Waals surface area contributed by atoms with Crippen LogP contribution in [0.5, 0.6) is 0 Å². The average molecular weight is 252 g/mol. The Morgan fingerprint density at radius 3 is 2.56 bits per heavy atom. The van der Waals surface area contributed by atoms with Crippen LogP contribution in [0.2, 0.25) is 0 Å². The average Bonchev–Trinajstić information content (AvgIpc) is 2.20. The molecular weight excluding hydrogens is 231 g/mol. The molecule has 4 heteroatoms. The standard InChI is InChI=1S/C14H21FN2O/c1-9-7-10(15)5-6-11(9)17-13(18)8-12(16)14(2,3)4/h5-7,12H,8,16H2,1-4H3,(H,17,18). The predicted octanol–water partition coefficient (Wildman–Crippen LogP) is 2.84. The molecule has 1 aromatic carbocycles. The van der Waals surface area contributed by atoms with Crippen LogP contribution in [-0.4, -0.2) is 11.9 Å². The van der Waals surface area contributed by atoms with Crippen LogP contribution in [-0.2, 0) is 4.79 Å². The van der Waals surface area contributed by atoms with Crippen molar-refractivity contribution in [3.05, 3.63) is 29.6 Å². The van der Waals surface area contributed by atoms with Gasteiger partial charge in [0, 0.05) is 18.2 Å². The first kappa shape index (κ1) is 14.6. The fourth-order valence-electron chi connectivity index (χ4n) is 1.47. The van der Waals surface area contributed by atoms with Crippen LogP contribution >= 0.6 is 0 Å². The van der Waals surface area contributed by atoms with Crippen molar-refractivity contribution in [1.29, 1.82) is 0 Å². The van der Waals surface area contributed by atoms with Gasteiger partial charge >= 0.3 is 0 Å². The molecule has 1 amide bonds. The van der Waals surface area contributed by atoms with Gasteiger partial charge in [-0.1, -0.05) is 20.8 Å². The molecular formula is C14H21FN2O. The van der Waals surface area contributed by atoms with Crippen molar-refractivity contribution < 1.29 is 9.18 Å². The lowest BCUT2D eigenvalue weighted by atomic mass is 9.85. The number of nitrogens with two attached hydrogens (primary N) is 1. The van der Waals surface area contributed by atoms with Gasteiger partial charge in [0.1, 0.15) is 5.82 Å². The molecule has 0 spiro atoms. The van der Waals surface area contributed by atoms with Gasteiger partial charge in [-0.05, 0) is 36.1 Å². The Labute approximate surface area is 108 Å². The number of carbonyl (C=O) groups excluding carboxylic acids is 1. The molecule has 0 aliphatic carbocycles. The third-order valence-corrected chi connectivity index (χ3v) is 2.98. The highest BCUT2D eigenvalue weighted by Crippen LogP contribution is 2.21. The highest BCUT2D eigenvalue weighted by molar-refractivity contribution is 5.91. The van der Waals surface area contributed by atoms with Crippen LogP contribution in [0, 0.1) is 18.2 Å². The molecule has 1 unspecified atom stereocenters. The number of halogens is 1. The van der Waals surface area contributed by atoms with E-state index in [-0.39, 0.29) is 29.6 Å². The van der Waals surface area contributed by atoms with Crippen LogP contribution in [0.4, 0.5) is 10.1 Å². The van der Waals surface area contributed by atoms with Crippen molar-refractivity contribution in [3.8, 4) is 0 Å². The van der Waals surface area contributed by atoms with Gasteiger partial charge in [-0.15, -0.1) is 0 Å². The summed E-state index contributed by atoms with van der Waals surface area (Å²) < 4.78 is 12.9. The molecule has 0 fully saturated rings. The Bertz CT molecular complexity index is 438. The maximum atomic E-state index is 12.9. The first-order valence-corrected chi connectivity index (χ1v) is 6.01. The second-order valence-corrected chi connectivity index (χ2v) is 5.68. The normalized spacial score (nSPS) is 13.2. The number of hydrogen-bond acceptors (Lipinski definition) is 2. The minimum absolute atomic E-state index is 0.116. The van der Waals surface area contributed by atoms with Crippen LogP contribution in [0.25, 0.3) is 0 Å². The van der Waals surface area contributed by atoms with Gasteiger partial charge in [0.25, 0.3) is 0 Å². The molecule has 0 saturated heterocycles. The van der Waals surface area contributed by atoms with E-state index in [0.717, 1.165) is 0 Å². The monoisotopic (exact) mass is 252 g/mol. The zero-order chi connectivity index (χ0) is 13.9. The van der Waals surface area contributed by atoms with E-state index in [2.05, 4.69) is 5.32 Å². The van der Waals surface area contributed by atoms with E-state index in [4.69, 9.17) is 5.73 Å². The lowest BCUT2D eigenvalue weighted by Gasteiger charge is -2.26. The maximum Gasteiger partial charge on any atom is 0.225 e. The molecule has 1 rings (SSSR count). The predicted molar refractivity (Wildman–Crippen MR) is 71.8 cm³/mol. The molecule has 18 heavy (non-hydrogen) atoms. The summed E-state index contributed by atoms with van der Waals surface area (Å²) in [5, 5.41) is 2.75. The third kappa shape index (κ3) is 4.11. The van der Waals surface area contributed by atoms with E-state index >= 15 is 0 Å². The number of hydrogen-bond donors (Lipinski definition) is 2. The Hall–Kier alpha value is -1.42. The summed E-state index contributed by atoms with van der Waals surface area (Å²) in [6.45, 7) is 7.73. The van der Waals surface area contributed by atoms with Crippen LogP contribution in [0.15, 0.2) is 18.2 Å². The van der Waals surface area contributed by atoms with Gasteiger partial charge < -0.3 is 11.1 Å². The van der Waals surface area contributed by atoms with Gasteiger partial charge in [0.05, 0.1) is 0 Å². The Kier molecular flexibility index (Phi) is 4.46. The molecule has 3 N–H and O–H groups in total. The fourth-order valence-corrected chi connectivity index (χ4v) is 1.47. The minimum Gasteiger partial charge on any atom is -0.327 e. The van der Waals surface area contributed by atoms with Crippen LogP contribution in [0.3, 0.4) is 0 Å². The number of benzene rings is 1. The quantitative estimate of drug-likeness (QED) is 0.869. The first-order chi connectivity index (χ1) is 8.20. The number of anilines is 1. The van der Waals surface area contributed by atoms with Crippen molar-refractivity contribution >= 4 is 11.6 Å². The molecule has 0 aliphatic rings. The molecule has 0 bridgehead atoms. The summed E-state index contributed by atoms with van der Waals surface area (Å²) in [5.74, 6) is -0.455. The molecule has 1 atom stereocenters. The topological polar surface area (TPSA) is 55.1 Å². The Morgan fingerprint density at radius 2 is 2.06 bits per heavy atom. The number of rotatable bonds is 3. The summed E-state index contributed by atoms with van der Waals surface area (Å²) in [4.78, 5) is 11.8. The van der Waals surface area contributed by atoms with Crippen LogP contribution < -0.4 is 11.1 Å². The largest absolute Gasteiger partial charge is 0.327 e. The summed E-state index contributed by atoms with van der Waals surface area (Å²) >= 11 is 0. The smallest absolute Gasteiger partial charge is 0.225 e.